The summed E-state index contributed by atoms with van der Waals surface area (Å²) in [4.78, 5) is 22.1. The van der Waals surface area contributed by atoms with Crippen molar-refractivity contribution in [3.8, 4) is 0 Å². The van der Waals surface area contributed by atoms with Gasteiger partial charge in [0, 0.05) is 34.9 Å². The minimum atomic E-state index is -0.855. The van der Waals surface area contributed by atoms with Crippen LogP contribution in [0, 0.1) is 5.92 Å². The Labute approximate surface area is 109 Å². The largest absolute Gasteiger partial charge is 0.481 e. The van der Waals surface area contributed by atoms with E-state index in [0.717, 1.165) is 12.8 Å². The SMILES string of the molecule is CC(CCNC(=O)NC1CCS(=O)CC1)C(=O)O. The number of nitrogens with one attached hydrogen (secondary N) is 2. The van der Waals surface area contributed by atoms with Crippen molar-refractivity contribution in [2.45, 2.75) is 32.2 Å². The van der Waals surface area contributed by atoms with Gasteiger partial charge in [-0.3, -0.25) is 9.00 Å². The molecule has 2 amide bonds. The number of carboxylic acids is 1. The van der Waals surface area contributed by atoms with Crippen LogP contribution >= 0.6 is 0 Å². The lowest BCUT2D eigenvalue weighted by Crippen LogP contribution is -2.45. The molecule has 0 aromatic rings. The maximum absolute atomic E-state index is 11.5. The van der Waals surface area contributed by atoms with Crippen LogP contribution in [0.3, 0.4) is 0 Å². The number of urea groups is 1. The van der Waals surface area contributed by atoms with Crippen molar-refractivity contribution in [2.24, 2.45) is 5.92 Å². The first-order chi connectivity index (χ1) is 8.49. The molecule has 3 N–H and O–H groups in total. The second-order valence-electron chi connectivity index (χ2n) is 4.55. The summed E-state index contributed by atoms with van der Waals surface area (Å²) in [7, 11) is -0.730. The third kappa shape index (κ3) is 5.48. The maximum atomic E-state index is 11.5. The first kappa shape index (κ1) is 14.9. The van der Waals surface area contributed by atoms with Crippen LogP contribution in [-0.2, 0) is 15.6 Å². The normalized spacial score (nSPS) is 25.2. The van der Waals surface area contributed by atoms with Gasteiger partial charge in [0.15, 0.2) is 0 Å². The van der Waals surface area contributed by atoms with Gasteiger partial charge in [0.25, 0.3) is 0 Å². The molecule has 1 heterocycles. The zero-order valence-electron chi connectivity index (χ0n) is 10.5. The Kier molecular flexibility index (Phi) is 6.11. The highest BCUT2D eigenvalue weighted by molar-refractivity contribution is 7.85. The quantitative estimate of drug-likeness (QED) is 0.673. The Morgan fingerprint density at radius 3 is 2.56 bits per heavy atom. The highest BCUT2D eigenvalue weighted by Crippen LogP contribution is 2.08. The van der Waals surface area contributed by atoms with Gasteiger partial charge < -0.3 is 15.7 Å². The van der Waals surface area contributed by atoms with Crippen LogP contribution in [0.4, 0.5) is 4.79 Å². The number of carboxylic acid groups (broad SMARTS) is 1. The van der Waals surface area contributed by atoms with Crippen LogP contribution in [0.5, 0.6) is 0 Å². The van der Waals surface area contributed by atoms with E-state index >= 15 is 0 Å². The molecular weight excluding hydrogens is 256 g/mol. The molecule has 0 aromatic carbocycles. The Balaban J connectivity index is 2.14. The fraction of sp³-hybridized carbons (Fsp3) is 0.818. The molecule has 104 valence electrons. The molecule has 0 bridgehead atoms. The summed E-state index contributed by atoms with van der Waals surface area (Å²) in [6.45, 7) is 1.95. The molecule has 0 saturated carbocycles. The standard InChI is InChI=1S/C11H20N2O4S/c1-8(10(14)15)2-5-12-11(16)13-9-3-6-18(17)7-4-9/h8-9H,2-7H2,1H3,(H,14,15)(H2,12,13,16). The van der Waals surface area contributed by atoms with Crippen molar-refractivity contribution in [1.29, 1.82) is 0 Å². The molecule has 1 saturated heterocycles. The Morgan fingerprint density at radius 2 is 2.00 bits per heavy atom. The summed E-state index contributed by atoms with van der Waals surface area (Å²) >= 11 is 0. The van der Waals surface area contributed by atoms with Crippen molar-refractivity contribution in [2.75, 3.05) is 18.1 Å². The van der Waals surface area contributed by atoms with E-state index in [1.165, 1.54) is 0 Å². The van der Waals surface area contributed by atoms with Gasteiger partial charge in [0.05, 0.1) is 5.92 Å². The third-order valence-corrected chi connectivity index (χ3v) is 4.39. The molecule has 6 nitrogen and oxygen atoms in total. The van der Waals surface area contributed by atoms with Gasteiger partial charge in [0.2, 0.25) is 0 Å². The molecule has 1 atom stereocenters. The second kappa shape index (κ2) is 7.35. The van der Waals surface area contributed by atoms with Gasteiger partial charge in [-0.25, -0.2) is 4.79 Å². The van der Waals surface area contributed by atoms with Crippen LogP contribution in [0.25, 0.3) is 0 Å². The van der Waals surface area contributed by atoms with E-state index in [-0.39, 0.29) is 12.1 Å². The fourth-order valence-corrected chi connectivity index (χ4v) is 3.00. The van der Waals surface area contributed by atoms with E-state index in [2.05, 4.69) is 10.6 Å². The van der Waals surface area contributed by atoms with Gasteiger partial charge in [0.1, 0.15) is 0 Å². The van der Waals surface area contributed by atoms with Crippen molar-refractivity contribution in [1.82, 2.24) is 10.6 Å². The average molecular weight is 276 g/mol. The van der Waals surface area contributed by atoms with Crippen molar-refractivity contribution in [3.05, 3.63) is 0 Å². The van der Waals surface area contributed by atoms with E-state index in [0.29, 0.717) is 24.5 Å². The number of carbonyl (C=O) groups excluding carboxylic acids is 1. The van der Waals surface area contributed by atoms with E-state index < -0.39 is 22.7 Å². The Morgan fingerprint density at radius 1 is 1.39 bits per heavy atom. The summed E-state index contributed by atoms with van der Waals surface area (Å²) in [6.07, 6.45) is 1.90. The molecule has 1 fully saturated rings. The molecule has 1 rings (SSSR count). The first-order valence-electron chi connectivity index (χ1n) is 6.11. The molecule has 0 spiro atoms. The predicted molar refractivity (Wildman–Crippen MR) is 68.8 cm³/mol. The molecule has 1 unspecified atom stereocenters. The first-order valence-corrected chi connectivity index (χ1v) is 7.60. The monoisotopic (exact) mass is 276 g/mol. The van der Waals surface area contributed by atoms with Crippen molar-refractivity contribution >= 4 is 22.8 Å². The minimum absolute atomic E-state index is 0.0830. The zero-order chi connectivity index (χ0) is 13.5. The third-order valence-electron chi connectivity index (χ3n) is 3.01. The highest BCUT2D eigenvalue weighted by atomic mass is 32.2. The molecule has 1 aliphatic heterocycles. The summed E-state index contributed by atoms with van der Waals surface area (Å²) in [6, 6.07) is -0.190. The van der Waals surface area contributed by atoms with Crippen LogP contribution in [-0.4, -0.2) is 45.4 Å². The highest BCUT2D eigenvalue weighted by Gasteiger charge is 2.19. The van der Waals surface area contributed by atoms with Crippen molar-refractivity contribution in [3.63, 3.8) is 0 Å². The smallest absolute Gasteiger partial charge is 0.315 e. The van der Waals surface area contributed by atoms with E-state index in [9.17, 15) is 13.8 Å². The zero-order valence-corrected chi connectivity index (χ0v) is 11.3. The number of rotatable bonds is 5. The lowest BCUT2D eigenvalue weighted by Gasteiger charge is -2.22. The lowest BCUT2D eigenvalue weighted by molar-refractivity contribution is -0.141. The average Bonchev–Trinajstić information content (AvgIpc) is 2.32. The predicted octanol–water partition coefficient (Wildman–Crippen LogP) is 0.307. The van der Waals surface area contributed by atoms with Gasteiger partial charge in [-0.1, -0.05) is 6.92 Å². The molecule has 7 heteroatoms. The van der Waals surface area contributed by atoms with Gasteiger partial charge in [-0.05, 0) is 19.3 Å². The van der Waals surface area contributed by atoms with Crippen LogP contribution < -0.4 is 10.6 Å². The molecule has 0 aliphatic carbocycles. The fourth-order valence-electron chi connectivity index (χ4n) is 1.70. The summed E-state index contributed by atoms with van der Waals surface area (Å²) in [5.41, 5.74) is 0. The van der Waals surface area contributed by atoms with Crippen molar-refractivity contribution < 1.29 is 18.9 Å². The number of amides is 2. The molecular formula is C11H20N2O4S. The maximum Gasteiger partial charge on any atom is 0.315 e. The number of hydrogen-bond acceptors (Lipinski definition) is 3. The molecule has 0 radical (unpaired) electrons. The molecule has 18 heavy (non-hydrogen) atoms. The van der Waals surface area contributed by atoms with Gasteiger partial charge in [-0.15, -0.1) is 0 Å². The summed E-state index contributed by atoms with van der Waals surface area (Å²) in [5.74, 6) is -0.0310. The lowest BCUT2D eigenvalue weighted by atomic mass is 10.1. The second-order valence-corrected chi connectivity index (χ2v) is 6.25. The van der Waals surface area contributed by atoms with Gasteiger partial charge >= 0.3 is 12.0 Å². The molecule has 1 aliphatic rings. The topological polar surface area (TPSA) is 95.5 Å². The number of hydrogen-bond donors (Lipinski definition) is 3. The number of carbonyl (C=O) groups is 2. The Bertz CT molecular complexity index is 325. The summed E-state index contributed by atoms with van der Waals surface area (Å²) in [5, 5.41) is 14.1. The van der Waals surface area contributed by atoms with Crippen LogP contribution in [0.15, 0.2) is 0 Å². The number of aliphatic carboxylic acids is 1. The minimum Gasteiger partial charge on any atom is -0.481 e. The van der Waals surface area contributed by atoms with Crippen LogP contribution in [0.1, 0.15) is 26.2 Å². The van der Waals surface area contributed by atoms with E-state index in [4.69, 9.17) is 5.11 Å². The molecule has 0 aromatic heterocycles. The van der Waals surface area contributed by atoms with E-state index in [1.54, 1.807) is 6.92 Å². The summed E-state index contributed by atoms with van der Waals surface area (Å²) < 4.78 is 11.1. The Hall–Kier alpha value is -1.11. The van der Waals surface area contributed by atoms with Crippen LogP contribution in [0.2, 0.25) is 0 Å². The van der Waals surface area contributed by atoms with Gasteiger partial charge in [-0.2, -0.15) is 0 Å². The van der Waals surface area contributed by atoms with E-state index in [1.807, 2.05) is 0 Å².